The smallest absolute Gasteiger partial charge is 0.318 e. The normalized spacial score (nSPS) is 11.3. The average Bonchev–Trinajstić information content (AvgIpc) is 2.42. The van der Waals surface area contributed by atoms with E-state index >= 15 is 0 Å². The zero-order valence-corrected chi connectivity index (χ0v) is 12.7. The van der Waals surface area contributed by atoms with Gasteiger partial charge in [-0.1, -0.05) is 40.2 Å². The molecule has 0 aliphatic heterocycles. The summed E-state index contributed by atoms with van der Waals surface area (Å²) in [6.45, 7) is 2.76. The summed E-state index contributed by atoms with van der Waals surface area (Å²) in [6, 6.07) is 11.2. The van der Waals surface area contributed by atoms with Crippen LogP contribution in [0.1, 0.15) is 13.8 Å². The molecule has 2 N–H and O–H groups in total. The summed E-state index contributed by atoms with van der Waals surface area (Å²) >= 11 is 3.45. The zero-order valence-electron chi connectivity index (χ0n) is 11.1. The van der Waals surface area contributed by atoms with Crippen LogP contribution in [-0.2, 0) is 9.59 Å². The highest BCUT2D eigenvalue weighted by Gasteiger charge is 2.36. The van der Waals surface area contributed by atoms with Gasteiger partial charge in [0, 0.05) is 15.5 Å². The molecule has 0 aliphatic carbocycles. The molecule has 1 amide bonds. The van der Waals surface area contributed by atoms with E-state index in [1.165, 1.54) is 13.8 Å². The van der Waals surface area contributed by atoms with Gasteiger partial charge in [0.05, 0.1) is 0 Å². The molecule has 2 rings (SSSR count). The van der Waals surface area contributed by atoms with Gasteiger partial charge >= 0.3 is 5.97 Å². The van der Waals surface area contributed by atoms with Crippen molar-refractivity contribution in [2.75, 3.05) is 5.32 Å². The fraction of sp³-hybridized carbons (Fsp3) is 0.200. The first-order valence-electron chi connectivity index (χ1n) is 6.06. The van der Waals surface area contributed by atoms with Crippen molar-refractivity contribution in [3.8, 4) is 0 Å². The van der Waals surface area contributed by atoms with E-state index in [4.69, 9.17) is 5.11 Å². The van der Waals surface area contributed by atoms with E-state index < -0.39 is 17.3 Å². The molecule has 0 saturated carbocycles. The molecule has 0 heterocycles. The monoisotopic (exact) mass is 335 g/mol. The van der Waals surface area contributed by atoms with Gasteiger partial charge in [-0.3, -0.25) is 9.59 Å². The summed E-state index contributed by atoms with van der Waals surface area (Å²) in [7, 11) is 0. The minimum Gasteiger partial charge on any atom is -0.480 e. The first kappa shape index (κ1) is 14.5. The number of carbonyl (C=O) groups is 2. The second kappa shape index (κ2) is 5.25. The molecule has 0 aromatic heterocycles. The molecule has 0 aliphatic rings. The van der Waals surface area contributed by atoms with Crippen molar-refractivity contribution in [1.29, 1.82) is 0 Å². The molecule has 0 saturated heterocycles. The largest absolute Gasteiger partial charge is 0.480 e. The number of carbonyl (C=O) groups excluding carboxylic acids is 1. The number of rotatable bonds is 3. The molecular formula is C15H14BrNO3. The van der Waals surface area contributed by atoms with Crippen molar-refractivity contribution < 1.29 is 14.7 Å². The predicted molar refractivity (Wildman–Crippen MR) is 81.7 cm³/mol. The van der Waals surface area contributed by atoms with Gasteiger partial charge in [0.15, 0.2) is 0 Å². The van der Waals surface area contributed by atoms with Gasteiger partial charge in [-0.15, -0.1) is 0 Å². The molecule has 4 nitrogen and oxygen atoms in total. The molecule has 2 aromatic carbocycles. The van der Waals surface area contributed by atoms with Crippen LogP contribution in [0.25, 0.3) is 10.8 Å². The Kier molecular flexibility index (Phi) is 3.81. The highest BCUT2D eigenvalue weighted by molar-refractivity contribution is 9.10. The summed E-state index contributed by atoms with van der Waals surface area (Å²) < 4.78 is 0.920. The van der Waals surface area contributed by atoms with E-state index in [9.17, 15) is 9.59 Å². The van der Waals surface area contributed by atoms with Crippen LogP contribution in [0, 0.1) is 5.41 Å². The molecule has 5 heteroatoms. The zero-order chi connectivity index (χ0) is 14.9. The average molecular weight is 336 g/mol. The Morgan fingerprint density at radius 2 is 1.70 bits per heavy atom. The van der Waals surface area contributed by atoms with Crippen molar-refractivity contribution in [3.63, 3.8) is 0 Å². The van der Waals surface area contributed by atoms with Gasteiger partial charge in [-0.05, 0) is 31.4 Å². The Labute approximate surface area is 124 Å². The van der Waals surface area contributed by atoms with E-state index in [1.54, 1.807) is 6.07 Å². The lowest BCUT2D eigenvalue weighted by atomic mass is 9.92. The number of nitrogens with one attached hydrogen (secondary N) is 1. The van der Waals surface area contributed by atoms with Gasteiger partial charge in [-0.25, -0.2) is 0 Å². The van der Waals surface area contributed by atoms with Crippen molar-refractivity contribution >= 4 is 44.3 Å². The minimum atomic E-state index is -1.48. The number of halogens is 1. The highest BCUT2D eigenvalue weighted by Crippen LogP contribution is 2.31. The lowest BCUT2D eigenvalue weighted by Crippen LogP contribution is -2.37. The minimum absolute atomic E-state index is 0.544. The lowest BCUT2D eigenvalue weighted by molar-refractivity contribution is -0.151. The summed E-state index contributed by atoms with van der Waals surface area (Å²) in [5, 5.41) is 13.6. The summed E-state index contributed by atoms with van der Waals surface area (Å²) in [5.74, 6) is -1.70. The van der Waals surface area contributed by atoms with Crippen molar-refractivity contribution in [1.82, 2.24) is 0 Å². The maximum Gasteiger partial charge on any atom is 0.318 e. The Balaban J connectivity index is 2.43. The molecule has 104 valence electrons. The number of carboxylic acid groups (broad SMARTS) is 1. The number of hydrogen-bond acceptors (Lipinski definition) is 2. The van der Waals surface area contributed by atoms with E-state index in [-0.39, 0.29) is 0 Å². The Bertz CT molecular complexity index is 695. The molecule has 0 spiro atoms. The number of amides is 1. The van der Waals surface area contributed by atoms with Crippen LogP contribution in [0.5, 0.6) is 0 Å². The number of anilines is 1. The first-order valence-corrected chi connectivity index (χ1v) is 6.85. The number of benzene rings is 2. The van der Waals surface area contributed by atoms with Gasteiger partial charge in [0.2, 0.25) is 5.91 Å². The molecule has 0 fully saturated rings. The van der Waals surface area contributed by atoms with Crippen molar-refractivity contribution in [3.05, 3.63) is 40.9 Å². The Hall–Kier alpha value is -1.88. The van der Waals surface area contributed by atoms with Gasteiger partial charge in [0.1, 0.15) is 5.41 Å². The van der Waals surface area contributed by atoms with Crippen molar-refractivity contribution in [2.45, 2.75) is 13.8 Å². The third-order valence-electron chi connectivity index (χ3n) is 3.22. The highest BCUT2D eigenvalue weighted by atomic mass is 79.9. The van der Waals surface area contributed by atoms with Gasteiger partial charge < -0.3 is 10.4 Å². The quantitative estimate of drug-likeness (QED) is 0.841. The summed E-state index contributed by atoms with van der Waals surface area (Å²) in [4.78, 5) is 23.2. The predicted octanol–water partition coefficient (Wildman–Crippen LogP) is 3.65. The third kappa shape index (κ3) is 2.54. The SMILES string of the molecule is CC(C)(C(=O)O)C(=O)Nc1ccc(Br)c2ccccc12. The van der Waals surface area contributed by atoms with E-state index in [0.29, 0.717) is 5.69 Å². The van der Waals surface area contributed by atoms with Gasteiger partial charge in [-0.2, -0.15) is 0 Å². The van der Waals surface area contributed by atoms with Crippen LogP contribution in [0.2, 0.25) is 0 Å². The fourth-order valence-corrected chi connectivity index (χ4v) is 2.22. The van der Waals surface area contributed by atoms with Gasteiger partial charge in [0.25, 0.3) is 0 Å². The van der Waals surface area contributed by atoms with Crippen LogP contribution in [0.4, 0.5) is 5.69 Å². The molecule has 0 bridgehead atoms. The molecule has 2 aromatic rings. The maximum atomic E-state index is 12.1. The molecular weight excluding hydrogens is 322 g/mol. The van der Waals surface area contributed by atoms with Crippen LogP contribution in [-0.4, -0.2) is 17.0 Å². The maximum absolute atomic E-state index is 12.1. The third-order valence-corrected chi connectivity index (χ3v) is 3.91. The summed E-state index contributed by atoms with van der Waals surface area (Å²) in [5.41, 5.74) is -0.878. The van der Waals surface area contributed by atoms with E-state index in [0.717, 1.165) is 15.2 Å². The number of carboxylic acids is 1. The summed E-state index contributed by atoms with van der Waals surface area (Å²) in [6.07, 6.45) is 0. The lowest BCUT2D eigenvalue weighted by Gasteiger charge is -2.19. The van der Waals surface area contributed by atoms with Crippen molar-refractivity contribution in [2.24, 2.45) is 5.41 Å². The number of hydrogen-bond donors (Lipinski definition) is 2. The number of fused-ring (bicyclic) bond motifs is 1. The second-order valence-corrected chi connectivity index (χ2v) is 5.88. The Morgan fingerprint density at radius 3 is 2.30 bits per heavy atom. The molecule has 0 atom stereocenters. The molecule has 0 radical (unpaired) electrons. The van der Waals surface area contributed by atoms with Crippen LogP contribution in [0.15, 0.2) is 40.9 Å². The number of aliphatic carboxylic acids is 1. The topological polar surface area (TPSA) is 66.4 Å². The Morgan fingerprint density at radius 1 is 1.10 bits per heavy atom. The first-order chi connectivity index (χ1) is 9.34. The second-order valence-electron chi connectivity index (χ2n) is 5.02. The van der Waals surface area contributed by atoms with Crippen LogP contribution >= 0.6 is 15.9 Å². The van der Waals surface area contributed by atoms with Crippen LogP contribution in [0.3, 0.4) is 0 Å². The fourth-order valence-electron chi connectivity index (χ4n) is 1.75. The van der Waals surface area contributed by atoms with E-state index in [1.807, 2.05) is 30.3 Å². The van der Waals surface area contributed by atoms with Crippen LogP contribution < -0.4 is 5.32 Å². The standard InChI is InChI=1S/C15H14BrNO3/c1-15(2,14(19)20)13(18)17-12-8-7-11(16)9-5-3-4-6-10(9)12/h3-8H,1-2H3,(H,17,18)(H,19,20). The van der Waals surface area contributed by atoms with E-state index in [2.05, 4.69) is 21.2 Å². The molecule has 0 unspecified atom stereocenters. The molecule has 20 heavy (non-hydrogen) atoms.